The van der Waals surface area contributed by atoms with Gasteiger partial charge in [-0.3, -0.25) is 9.78 Å². The number of aromatic nitrogens is 1. The minimum atomic E-state index is -3.49. The molecular formula is C20H23N3O4S. The molecular weight excluding hydrogens is 378 g/mol. The molecule has 0 aliphatic carbocycles. The van der Waals surface area contributed by atoms with Crippen LogP contribution in [0.3, 0.4) is 0 Å². The van der Waals surface area contributed by atoms with Gasteiger partial charge >= 0.3 is 0 Å². The lowest BCUT2D eigenvalue weighted by Crippen LogP contribution is -2.62. The number of pyridine rings is 1. The number of piperidine rings is 1. The quantitative estimate of drug-likeness (QED) is 0.783. The van der Waals surface area contributed by atoms with E-state index in [4.69, 9.17) is 4.74 Å². The molecule has 1 amide bonds. The van der Waals surface area contributed by atoms with Gasteiger partial charge in [-0.1, -0.05) is 6.07 Å². The van der Waals surface area contributed by atoms with Crippen molar-refractivity contribution in [3.63, 3.8) is 0 Å². The summed E-state index contributed by atoms with van der Waals surface area (Å²) in [5, 5.41) is 0. The number of carbonyl (C=O) groups excluding carboxylic acids is 1. The second-order valence-corrected chi connectivity index (χ2v) is 9.39. The summed E-state index contributed by atoms with van der Waals surface area (Å²) in [7, 11) is -1.94. The molecule has 4 rings (SSSR count). The first-order valence-corrected chi connectivity index (χ1v) is 10.7. The number of methoxy groups -OCH3 is 1. The number of ether oxygens (including phenoxy) is 1. The van der Waals surface area contributed by atoms with Crippen molar-refractivity contribution in [2.24, 2.45) is 5.41 Å². The first kappa shape index (κ1) is 18.9. The molecule has 2 aromatic rings. The highest BCUT2D eigenvalue weighted by Crippen LogP contribution is 2.43. The summed E-state index contributed by atoms with van der Waals surface area (Å²) < 4.78 is 32.2. The number of hydrogen-bond acceptors (Lipinski definition) is 5. The Morgan fingerprint density at radius 1 is 1.07 bits per heavy atom. The molecule has 2 aliphatic rings. The molecule has 3 heterocycles. The van der Waals surface area contributed by atoms with E-state index in [2.05, 4.69) is 4.98 Å². The Labute approximate surface area is 165 Å². The number of carbonyl (C=O) groups is 1. The van der Waals surface area contributed by atoms with E-state index >= 15 is 0 Å². The smallest absolute Gasteiger partial charge is 0.272 e. The number of amides is 1. The van der Waals surface area contributed by atoms with Crippen LogP contribution in [0.25, 0.3) is 0 Å². The molecule has 0 bridgehead atoms. The highest BCUT2D eigenvalue weighted by atomic mass is 32.2. The average Bonchev–Trinajstić information content (AvgIpc) is 2.72. The van der Waals surface area contributed by atoms with Gasteiger partial charge in [-0.2, -0.15) is 4.31 Å². The Hall–Kier alpha value is -2.45. The summed E-state index contributed by atoms with van der Waals surface area (Å²) in [4.78, 5) is 18.7. The maximum absolute atomic E-state index is 12.8. The molecule has 1 aromatic carbocycles. The average molecular weight is 401 g/mol. The van der Waals surface area contributed by atoms with Gasteiger partial charge in [0.1, 0.15) is 11.4 Å². The van der Waals surface area contributed by atoms with Crippen LogP contribution in [0.15, 0.2) is 53.6 Å². The van der Waals surface area contributed by atoms with Crippen molar-refractivity contribution >= 4 is 15.9 Å². The van der Waals surface area contributed by atoms with Crippen LogP contribution >= 0.6 is 0 Å². The predicted molar refractivity (Wildman–Crippen MR) is 104 cm³/mol. The highest BCUT2D eigenvalue weighted by molar-refractivity contribution is 7.89. The molecule has 1 spiro atoms. The van der Waals surface area contributed by atoms with Crippen LogP contribution in [0, 0.1) is 5.41 Å². The van der Waals surface area contributed by atoms with Gasteiger partial charge in [0.25, 0.3) is 5.91 Å². The predicted octanol–water partition coefficient (Wildman–Crippen LogP) is 2.02. The Bertz CT molecular complexity index is 945. The van der Waals surface area contributed by atoms with Crippen molar-refractivity contribution in [1.29, 1.82) is 0 Å². The molecule has 7 nitrogen and oxygen atoms in total. The van der Waals surface area contributed by atoms with Crippen molar-refractivity contribution in [2.75, 3.05) is 33.3 Å². The third-order valence-corrected chi connectivity index (χ3v) is 7.52. The summed E-state index contributed by atoms with van der Waals surface area (Å²) in [6.07, 6.45) is 3.23. The Kier molecular flexibility index (Phi) is 4.84. The first-order valence-electron chi connectivity index (χ1n) is 9.28. The second kappa shape index (κ2) is 7.18. The number of sulfonamides is 1. The number of nitrogens with zero attached hydrogens (tertiary/aromatic N) is 3. The molecule has 2 saturated heterocycles. The van der Waals surface area contributed by atoms with Crippen molar-refractivity contribution in [3.8, 4) is 5.75 Å². The lowest BCUT2D eigenvalue weighted by molar-refractivity contribution is 0.00280. The first-order chi connectivity index (χ1) is 13.4. The van der Waals surface area contributed by atoms with Gasteiger partial charge in [-0.05, 0) is 49.2 Å². The van der Waals surface area contributed by atoms with Gasteiger partial charge in [0.2, 0.25) is 10.0 Å². The zero-order valence-electron chi connectivity index (χ0n) is 15.7. The Morgan fingerprint density at radius 2 is 1.75 bits per heavy atom. The van der Waals surface area contributed by atoms with E-state index in [9.17, 15) is 13.2 Å². The number of rotatable bonds is 4. The van der Waals surface area contributed by atoms with Crippen molar-refractivity contribution < 1.29 is 17.9 Å². The van der Waals surface area contributed by atoms with Gasteiger partial charge in [0.15, 0.2) is 0 Å². The zero-order chi connectivity index (χ0) is 19.8. The van der Waals surface area contributed by atoms with E-state index < -0.39 is 10.0 Å². The van der Waals surface area contributed by atoms with Crippen LogP contribution in [0.1, 0.15) is 23.3 Å². The van der Waals surface area contributed by atoms with Crippen LogP contribution < -0.4 is 4.74 Å². The molecule has 0 N–H and O–H groups in total. The Morgan fingerprint density at radius 3 is 2.32 bits per heavy atom. The van der Waals surface area contributed by atoms with Gasteiger partial charge in [-0.25, -0.2) is 8.42 Å². The van der Waals surface area contributed by atoms with Crippen molar-refractivity contribution in [1.82, 2.24) is 14.2 Å². The molecule has 0 unspecified atom stereocenters. The summed E-state index contributed by atoms with van der Waals surface area (Å²) in [6, 6.07) is 11.8. The number of benzene rings is 1. The summed E-state index contributed by atoms with van der Waals surface area (Å²) in [5.41, 5.74) is 0.427. The van der Waals surface area contributed by atoms with E-state index in [0.29, 0.717) is 37.6 Å². The fraction of sp³-hybridized carbons (Fsp3) is 0.400. The molecule has 2 aliphatic heterocycles. The van der Waals surface area contributed by atoms with Gasteiger partial charge in [0.05, 0.1) is 12.0 Å². The van der Waals surface area contributed by atoms with Gasteiger partial charge in [0, 0.05) is 37.8 Å². The highest BCUT2D eigenvalue weighted by Gasteiger charge is 2.50. The molecule has 148 valence electrons. The fourth-order valence-electron chi connectivity index (χ4n) is 3.92. The van der Waals surface area contributed by atoms with E-state index in [1.165, 1.54) is 4.31 Å². The maximum atomic E-state index is 12.8. The molecule has 28 heavy (non-hydrogen) atoms. The summed E-state index contributed by atoms with van der Waals surface area (Å²) in [6.45, 7) is 2.28. The monoisotopic (exact) mass is 401 g/mol. The van der Waals surface area contributed by atoms with E-state index in [1.54, 1.807) is 55.8 Å². The minimum Gasteiger partial charge on any atom is -0.497 e. The Balaban J connectivity index is 1.36. The van der Waals surface area contributed by atoms with Crippen LogP contribution in [0.4, 0.5) is 0 Å². The largest absolute Gasteiger partial charge is 0.497 e. The van der Waals surface area contributed by atoms with Gasteiger partial charge < -0.3 is 9.64 Å². The van der Waals surface area contributed by atoms with Crippen LogP contribution in [-0.4, -0.2) is 61.8 Å². The molecule has 0 saturated carbocycles. The summed E-state index contributed by atoms with van der Waals surface area (Å²) >= 11 is 0. The SMILES string of the molecule is COc1ccc(S(=O)(=O)N2CC3(CCN(C(=O)c4ccccn4)CC3)C2)cc1. The topological polar surface area (TPSA) is 79.8 Å². The van der Waals surface area contributed by atoms with E-state index in [0.717, 1.165) is 12.8 Å². The molecule has 8 heteroatoms. The maximum Gasteiger partial charge on any atom is 0.272 e. The minimum absolute atomic E-state index is 0.0273. The standard InChI is InChI=1S/C20H23N3O4S/c1-27-16-5-7-17(8-6-16)28(25,26)23-14-20(15-23)9-12-22(13-10-20)19(24)18-4-2-3-11-21-18/h2-8,11H,9-10,12-15H2,1H3. The van der Waals surface area contributed by atoms with E-state index in [1.807, 2.05) is 4.90 Å². The van der Waals surface area contributed by atoms with Crippen LogP contribution in [-0.2, 0) is 10.0 Å². The van der Waals surface area contributed by atoms with Crippen LogP contribution in [0.2, 0.25) is 0 Å². The lowest BCUT2D eigenvalue weighted by atomic mass is 9.73. The van der Waals surface area contributed by atoms with Crippen LogP contribution in [0.5, 0.6) is 5.75 Å². The van der Waals surface area contributed by atoms with E-state index in [-0.39, 0.29) is 16.2 Å². The third kappa shape index (κ3) is 3.38. The number of likely N-dealkylation sites (tertiary alicyclic amines) is 1. The third-order valence-electron chi connectivity index (χ3n) is 5.72. The summed E-state index contributed by atoms with van der Waals surface area (Å²) in [5.74, 6) is 0.571. The normalized spacial score (nSPS) is 19.2. The molecule has 2 fully saturated rings. The lowest BCUT2D eigenvalue weighted by Gasteiger charge is -2.53. The van der Waals surface area contributed by atoms with Crippen molar-refractivity contribution in [3.05, 3.63) is 54.4 Å². The fourth-order valence-corrected chi connectivity index (χ4v) is 5.59. The van der Waals surface area contributed by atoms with Gasteiger partial charge in [-0.15, -0.1) is 0 Å². The number of hydrogen-bond donors (Lipinski definition) is 0. The molecule has 0 radical (unpaired) electrons. The second-order valence-electron chi connectivity index (χ2n) is 7.46. The van der Waals surface area contributed by atoms with Crippen molar-refractivity contribution in [2.45, 2.75) is 17.7 Å². The zero-order valence-corrected chi connectivity index (χ0v) is 16.6. The molecule has 0 atom stereocenters. The molecule has 1 aromatic heterocycles.